The molecule has 0 aliphatic carbocycles. The second kappa shape index (κ2) is 5.48. The Morgan fingerprint density at radius 3 is 2.64 bits per heavy atom. The van der Waals surface area contributed by atoms with Gasteiger partial charge in [-0.3, -0.25) is 0 Å². The molecule has 0 radical (unpaired) electrons. The minimum atomic E-state index is -0.316. The molecule has 0 fully saturated rings. The van der Waals surface area contributed by atoms with Crippen LogP contribution in [0.4, 0.5) is 5.69 Å². The summed E-state index contributed by atoms with van der Waals surface area (Å²) in [6.07, 6.45) is 3.20. The van der Waals surface area contributed by atoms with Crippen molar-refractivity contribution < 1.29 is 9.30 Å². The first kappa shape index (κ1) is 16.4. The number of ether oxygens (including phenoxy) is 1. The van der Waals surface area contributed by atoms with Gasteiger partial charge in [0.15, 0.2) is 17.2 Å². The van der Waals surface area contributed by atoms with Crippen LogP contribution in [0, 0.1) is 6.92 Å². The maximum absolute atomic E-state index is 6.84. The number of benzene rings is 1. The van der Waals surface area contributed by atoms with E-state index in [4.69, 9.17) is 4.74 Å². The van der Waals surface area contributed by atoms with E-state index >= 15 is 0 Å². The smallest absolute Gasteiger partial charge is 0.224 e. The van der Waals surface area contributed by atoms with E-state index in [0.717, 1.165) is 31.6 Å². The number of aromatic nitrogens is 1. The zero-order valence-corrected chi connectivity index (χ0v) is 16.1. The number of fused-ring (bicyclic) bond motifs is 2. The summed E-state index contributed by atoms with van der Waals surface area (Å²) in [5.41, 5.74) is 4.98. The molecule has 3 heteroatoms. The molecule has 2 aliphatic heterocycles. The lowest BCUT2D eigenvalue weighted by atomic mass is 9.74. The predicted octanol–water partition coefficient (Wildman–Crippen LogP) is 4.14. The highest BCUT2D eigenvalue weighted by molar-refractivity contribution is 5.65. The van der Waals surface area contributed by atoms with Crippen LogP contribution in [-0.2, 0) is 18.4 Å². The Bertz CT molecular complexity index is 827. The summed E-state index contributed by atoms with van der Waals surface area (Å²) < 4.78 is 9.28. The van der Waals surface area contributed by atoms with Crippen molar-refractivity contribution in [2.24, 2.45) is 0 Å². The first-order valence-corrected chi connectivity index (χ1v) is 9.47. The third kappa shape index (κ3) is 2.08. The maximum atomic E-state index is 6.84. The Hall–Kier alpha value is -2.03. The molecule has 1 unspecified atom stereocenters. The molecule has 0 saturated heterocycles. The van der Waals surface area contributed by atoms with Gasteiger partial charge in [-0.05, 0) is 31.5 Å². The van der Waals surface area contributed by atoms with Crippen molar-refractivity contribution in [3.63, 3.8) is 0 Å². The first-order chi connectivity index (χ1) is 11.9. The van der Waals surface area contributed by atoms with Gasteiger partial charge in [-0.25, -0.2) is 0 Å². The van der Waals surface area contributed by atoms with Crippen LogP contribution in [0.2, 0.25) is 0 Å². The summed E-state index contributed by atoms with van der Waals surface area (Å²) in [5, 5.41) is 0. The number of anilines is 1. The van der Waals surface area contributed by atoms with Gasteiger partial charge < -0.3 is 9.64 Å². The number of nitrogens with zero attached hydrogens (tertiary/aromatic N) is 2. The summed E-state index contributed by atoms with van der Waals surface area (Å²) in [6, 6.07) is 13.1. The van der Waals surface area contributed by atoms with Gasteiger partial charge >= 0.3 is 0 Å². The molecule has 2 aliphatic rings. The topological polar surface area (TPSA) is 16.4 Å². The molecule has 25 heavy (non-hydrogen) atoms. The Morgan fingerprint density at radius 2 is 1.92 bits per heavy atom. The van der Waals surface area contributed by atoms with Crippen molar-refractivity contribution in [2.75, 3.05) is 11.9 Å². The van der Waals surface area contributed by atoms with E-state index in [0.29, 0.717) is 0 Å². The predicted molar refractivity (Wildman–Crippen MR) is 101 cm³/mol. The summed E-state index contributed by atoms with van der Waals surface area (Å²) in [6.45, 7) is 10.2. The Balaban J connectivity index is 1.82. The summed E-state index contributed by atoms with van der Waals surface area (Å²) >= 11 is 0. The lowest BCUT2D eigenvalue weighted by Gasteiger charge is -2.47. The van der Waals surface area contributed by atoms with Crippen molar-refractivity contribution in [3.8, 4) is 5.75 Å². The number of likely N-dealkylation sites (N-methyl/N-ethyl adjacent to an activating group) is 1. The monoisotopic (exact) mass is 337 g/mol. The number of pyridine rings is 1. The van der Waals surface area contributed by atoms with Gasteiger partial charge in [0.05, 0.1) is 5.41 Å². The number of hydrogen-bond donors (Lipinski definition) is 0. The molecule has 1 spiro atoms. The van der Waals surface area contributed by atoms with E-state index in [1.807, 2.05) is 0 Å². The van der Waals surface area contributed by atoms with Crippen LogP contribution >= 0.6 is 0 Å². The van der Waals surface area contributed by atoms with Crippen LogP contribution in [0.3, 0.4) is 0 Å². The van der Waals surface area contributed by atoms with Crippen LogP contribution < -0.4 is 14.2 Å². The third-order valence-corrected chi connectivity index (χ3v) is 6.40. The molecule has 1 aromatic carbocycles. The Kier molecular flexibility index (Phi) is 3.61. The Morgan fingerprint density at radius 1 is 1.16 bits per heavy atom. The van der Waals surface area contributed by atoms with Crippen molar-refractivity contribution in [1.29, 1.82) is 0 Å². The lowest BCUT2D eigenvalue weighted by molar-refractivity contribution is -0.710. The van der Waals surface area contributed by atoms with E-state index in [9.17, 15) is 0 Å². The number of rotatable bonds is 2. The normalized spacial score (nSPS) is 23.3. The largest absolute Gasteiger partial charge is 0.460 e. The van der Waals surface area contributed by atoms with Gasteiger partial charge in [-0.2, -0.15) is 4.57 Å². The quantitative estimate of drug-likeness (QED) is 0.766. The zero-order chi connectivity index (χ0) is 17.8. The lowest BCUT2D eigenvalue weighted by Crippen LogP contribution is -2.61. The van der Waals surface area contributed by atoms with Crippen LogP contribution in [0.5, 0.6) is 5.75 Å². The highest BCUT2D eigenvalue weighted by Crippen LogP contribution is 2.54. The average molecular weight is 337 g/mol. The minimum Gasteiger partial charge on any atom is -0.460 e. The fourth-order valence-electron chi connectivity index (χ4n) is 4.93. The van der Waals surface area contributed by atoms with Crippen molar-refractivity contribution in [2.45, 2.75) is 64.6 Å². The van der Waals surface area contributed by atoms with Gasteiger partial charge in [-0.15, -0.1) is 0 Å². The van der Waals surface area contributed by atoms with Gasteiger partial charge in [-0.1, -0.05) is 25.1 Å². The highest BCUT2D eigenvalue weighted by Gasteiger charge is 2.59. The molecule has 1 aromatic heterocycles. The summed E-state index contributed by atoms with van der Waals surface area (Å²) in [7, 11) is 2.19. The number of aryl methyl sites for hydroxylation is 1. The molecule has 132 valence electrons. The second-order valence-electron chi connectivity index (χ2n) is 8.02. The van der Waals surface area contributed by atoms with E-state index < -0.39 is 0 Å². The molecular formula is C22H29N2O+. The molecule has 0 saturated carbocycles. The summed E-state index contributed by atoms with van der Waals surface area (Å²) in [4.78, 5) is 2.37. The maximum Gasteiger partial charge on any atom is 0.224 e. The molecule has 3 heterocycles. The molecule has 0 amide bonds. The highest BCUT2D eigenvalue weighted by atomic mass is 16.5. The molecule has 4 rings (SSSR count). The van der Waals surface area contributed by atoms with Crippen molar-refractivity contribution in [1.82, 2.24) is 0 Å². The number of para-hydroxylation sites is 1. The molecular weight excluding hydrogens is 308 g/mol. The fraction of sp³-hybridized carbons (Fsp3) is 0.500. The third-order valence-electron chi connectivity index (χ3n) is 6.40. The zero-order valence-electron chi connectivity index (χ0n) is 16.1. The van der Waals surface area contributed by atoms with Crippen LogP contribution in [0.25, 0.3) is 0 Å². The first-order valence-electron chi connectivity index (χ1n) is 9.47. The van der Waals surface area contributed by atoms with Crippen molar-refractivity contribution >= 4 is 5.69 Å². The second-order valence-corrected chi connectivity index (χ2v) is 8.02. The number of hydrogen-bond acceptors (Lipinski definition) is 2. The minimum absolute atomic E-state index is 0.0590. The molecule has 0 N–H and O–H groups in total. The van der Waals surface area contributed by atoms with Gasteiger partial charge in [0.1, 0.15) is 6.54 Å². The Labute approximate surface area is 151 Å². The molecule has 2 aromatic rings. The molecule has 3 nitrogen and oxygen atoms in total. The van der Waals surface area contributed by atoms with Gasteiger partial charge in [0.2, 0.25) is 5.69 Å². The van der Waals surface area contributed by atoms with Crippen LogP contribution in [0.15, 0.2) is 36.4 Å². The summed E-state index contributed by atoms with van der Waals surface area (Å²) in [5.74, 6) is 1.05. The van der Waals surface area contributed by atoms with Crippen LogP contribution in [-0.4, -0.2) is 12.8 Å². The SMILES string of the molecule is CCC[n+]1c(C)ccc2c1CCC1(O2)N(C)c2ccccc2C1(C)C. The van der Waals surface area contributed by atoms with E-state index in [1.54, 1.807) is 0 Å². The van der Waals surface area contributed by atoms with Gasteiger partial charge in [0, 0.05) is 45.0 Å². The van der Waals surface area contributed by atoms with Crippen LogP contribution in [0.1, 0.15) is 50.6 Å². The molecule has 1 atom stereocenters. The van der Waals surface area contributed by atoms with E-state index in [-0.39, 0.29) is 11.1 Å². The fourth-order valence-corrected chi connectivity index (χ4v) is 4.93. The standard InChI is InChI=1S/C22H29N2O/c1-6-15-24-16(2)11-12-20-19(24)13-14-22(25-20)21(3,4)17-9-7-8-10-18(17)23(22)5/h7-12H,6,13-15H2,1-5H3/q+1. The van der Waals surface area contributed by atoms with Crippen molar-refractivity contribution in [3.05, 3.63) is 53.3 Å². The van der Waals surface area contributed by atoms with E-state index in [1.165, 1.54) is 22.6 Å². The average Bonchev–Trinajstić information content (AvgIpc) is 2.77. The molecule has 0 bridgehead atoms. The van der Waals surface area contributed by atoms with E-state index in [2.05, 4.69) is 80.6 Å². The van der Waals surface area contributed by atoms with Gasteiger partial charge in [0.25, 0.3) is 0 Å².